The fourth-order valence-corrected chi connectivity index (χ4v) is 3.23. The van der Waals surface area contributed by atoms with Gasteiger partial charge in [-0.05, 0) is 33.6 Å². The first-order valence-corrected chi connectivity index (χ1v) is 9.37. The maximum atomic E-state index is 12.3. The van der Waals surface area contributed by atoms with Crippen molar-refractivity contribution in [2.75, 3.05) is 26.3 Å². The molecule has 0 N–H and O–H groups in total. The molecule has 0 spiro atoms. The minimum absolute atomic E-state index is 0.0380. The first-order valence-electron chi connectivity index (χ1n) is 9.37. The summed E-state index contributed by atoms with van der Waals surface area (Å²) in [5, 5.41) is 0. The van der Waals surface area contributed by atoms with E-state index in [1.807, 2.05) is 33.3 Å². The number of carbonyl (C=O) groups is 1. The molecule has 26 heavy (non-hydrogen) atoms. The Bertz CT molecular complexity index is 631. The molecule has 2 fully saturated rings. The Morgan fingerprint density at radius 2 is 2.04 bits per heavy atom. The van der Waals surface area contributed by atoms with Crippen LogP contribution in [0.4, 0.5) is 4.79 Å². The van der Waals surface area contributed by atoms with Gasteiger partial charge in [0.15, 0.2) is 0 Å². The Kier molecular flexibility index (Phi) is 5.35. The van der Waals surface area contributed by atoms with Crippen LogP contribution >= 0.6 is 0 Å². The molecule has 0 aliphatic carbocycles. The molecule has 0 aromatic carbocycles. The van der Waals surface area contributed by atoms with Crippen LogP contribution in [0.15, 0.2) is 12.5 Å². The van der Waals surface area contributed by atoms with Gasteiger partial charge in [-0.15, -0.1) is 0 Å². The summed E-state index contributed by atoms with van der Waals surface area (Å²) in [7, 11) is -0.408. The van der Waals surface area contributed by atoms with Crippen molar-refractivity contribution in [2.45, 2.75) is 59.1 Å². The average molecular weight is 363 g/mol. The number of ether oxygens (including phenoxy) is 1. The Balaban J connectivity index is 1.61. The number of rotatable bonds is 2. The second-order valence-electron chi connectivity index (χ2n) is 9.09. The third-order valence-electron chi connectivity index (χ3n) is 4.58. The molecule has 7 nitrogen and oxygen atoms in total. The molecule has 0 radical (unpaired) electrons. The zero-order chi connectivity index (χ0) is 18.9. The number of piperidine rings is 1. The van der Waals surface area contributed by atoms with E-state index >= 15 is 0 Å². The highest BCUT2D eigenvalue weighted by atomic mass is 16.6. The Labute approximate surface area is 156 Å². The summed E-state index contributed by atoms with van der Waals surface area (Å²) < 4.78 is 19.2. The number of hydrogen-bond acceptors (Lipinski definition) is 5. The minimum Gasteiger partial charge on any atom is -0.444 e. The minimum atomic E-state index is -0.477. The highest BCUT2D eigenvalue weighted by Gasteiger charge is 2.36. The van der Waals surface area contributed by atoms with Crippen LogP contribution < -0.4 is 5.59 Å². The molecule has 8 heteroatoms. The lowest BCUT2D eigenvalue weighted by Crippen LogP contribution is -2.48. The summed E-state index contributed by atoms with van der Waals surface area (Å²) in [6, 6.07) is 0.192. The molecule has 0 bridgehead atoms. The number of hydrogen-bond donors (Lipinski definition) is 0. The molecule has 2 aliphatic rings. The fraction of sp³-hybridized carbons (Fsp3) is 0.778. The van der Waals surface area contributed by atoms with Gasteiger partial charge in [0.2, 0.25) is 0 Å². The van der Waals surface area contributed by atoms with Gasteiger partial charge in [0.25, 0.3) is 0 Å². The van der Waals surface area contributed by atoms with E-state index in [0.29, 0.717) is 19.8 Å². The zero-order valence-electron chi connectivity index (χ0n) is 16.5. The van der Waals surface area contributed by atoms with Crippen molar-refractivity contribution in [2.24, 2.45) is 5.41 Å². The summed E-state index contributed by atoms with van der Waals surface area (Å²) in [6.45, 7) is 12.6. The van der Waals surface area contributed by atoms with Crippen molar-refractivity contribution in [3.63, 3.8) is 0 Å². The van der Waals surface area contributed by atoms with Gasteiger partial charge in [-0.25, -0.2) is 9.78 Å². The Hall–Kier alpha value is -1.54. The van der Waals surface area contributed by atoms with Crippen LogP contribution in [0.5, 0.6) is 0 Å². The molecular formula is C18H30BN3O4. The summed E-state index contributed by atoms with van der Waals surface area (Å²) in [5.74, 6) is 0. The van der Waals surface area contributed by atoms with Crippen molar-refractivity contribution in [1.82, 2.24) is 14.5 Å². The van der Waals surface area contributed by atoms with E-state index < -0.39 is 12.7 Å². The van der Waals surface area contributed by atoms with Crippen molar-refractivity contribution in [3.05, 3.63) is 12.5 Å². The van der Waals surface area contributed by atoms with E-state index in [1.54, 1.807) is 4.90 Å². The van der Waals surface area contributed by atoms with E-state index in [0.717, 1.165) is 25.0 Å². The normalized spacial score (nSPS) is 23.8. The number of aromatic nitrogens is 2. The van der Waals surface area contributed by atoms with E-state index in [2.05, 4.69) is 23.4 Å². The van der Waals surface area contributed by atoms with Crippen LogP contribution in [0, 0.1) is 5.41 Å². The van der Waals surface area contributed by atoms with Gasteiger partial charge < -0.3 is 23.5 Å². The van der Waals surface area contributed by atoms with Gasteiger partial charge in [0.05, 0.1) is 18.0 Å². The average Bonchev–Trinajstić information content (AvgIpc) is 3.03. The summed E-state index contributed by atoms with van der Waals surface area (Å²) in [6.07, 6.45) is 5.50. The van der Waals surface area contributed by atoms with Gasteiger partial charge in [-0.2, -0.15) is 0 Å². The maximum Gasteiger partial charge on any atom is 0.515 e. The van der Waals surface area contributed by atoms with Crippen molar-refractivity contribution >= 4 is 18.8 Å². The molecule has 3 heterocycles. The third-order valence-corrected chi connectivity index (χ3v) is 4.58. The smallest absolute Gasteiger partial charge is 0.444 e. The van der Waals surface area contributed by atoms with Crippen LogP contribution in [0.3, 0.4) is 0 Å². The van der Waals surface area contributed by atoms with Crippen molar-refractivity contribution in [1.29, 1.82) is 0 Å². The number of imidazole rings is 1. The monoisotopic (exact) mass is 363 g/mol. The molecule has 2 saturated heterocycles. The summed E-state index contributed by atoms with van der Waals surface area (Å²) in [5.41, 5.74) is 0.348. The molecule has 1 amide bonds. The van der Waals surface area contributed by atoms with Gasteiger partial charge in [-0.3, -0.25) is 0 Å². The van der Waals surface area contributed by atoms with Crippen molar-refractivity contribution < 1.29 is 18.8 Å². The quantitative estimate of drug-likeness (QED) is 0.754. The van der Waals surface area contributed by atoms with Crippen LogP contribution in [0.25, 0.3) is 0 Å². The Morgan fingerprint density at radius 3 is 2.69 bits per heavy atom. The molecule has 3 rings (SSSR count). The third kappa shape index (κ3) is 4.79. The standard InChI is InChI=1S/C18H30BN3O4/c1-17(2,3)26-16(23)21-8-6-7-14(9-21)22-10-15(20-13-22)19-24-11-18(4,5)12-25-19/h10,13-14H,6-9,11-12H2,1-5H3. The molecule has 1 atom stereocenters. The molecule has 2 aliphatic heterocycles. The van der Waals surface area contributed by atoms with Crippen molar-refractivity contribution in [3.8, 4) is 0 Å². The first-order chi connectivity index (χ1) is 12.1. The lowest BCUT2D eigenvalue weighted by Gasteiger charge is -2.34. The second-order valence-corrected chi connectivity index (χ2v) is 9.09. The SMILES string of the molecule is CC1(C)COB(c2cn(C3CCCN(C(=O)OC(C)(C)C)C3)cn2)OC1. The maximum absolute atomic E-state index is 12.3. The van der Waals surface area contributed by atoms with E-state index in [1.165, 1.54) is 0 Å². The zero-order valence-corrected chi connectivity index (χ0v) is 16.5. The fourth-order valence-electron chi connectivity index (χ4n) is 3.23. The second kappa shape index (κ2) is 7.23. The van der Waals surface area contributed by atoms with Crippen LogP contribution in [0.1, 0.15) is 53.5 Å². The molecule has 1 unspecified atom stereocenters. The first kappa shape index (κ1) is 19.2. The predicted molar refractivity (Wildman–Crippen MR) is 99.4 cm³/mol. The highest BCUT2D eigenvalue weighted by molar-refractivity contribution is 6.60. The van der Waals surface area contributed by atoms with E-state index in [-0.39, 0.29) is 17.6 Å². The van der Waals surface area contributed by atoms with E-state index in [4.69, 9.17) is 14.0 Å². The van der Waals surface area contributed by atoms with Gasteiger partial charge in [0.1, 0.15) is 5.60 Å². The lowest BCUT2D eigenvalue weighted by molar-refractivity contribution is 0.0172. The summed E-state index contributed by atoms with van der Waals surface area (Å²) in [4.78, 5) is 18.6. The molecule has 144 valence electrons. The number of likely N-dealkylation sites (tertiary alicyclic amines) is 1. The Morgan fingerprint density at radius 1 is 1.35 bits per heavy atom. The number of nitrogens with zero attached hydrogens (tertiary/aromatic N) is 3. The van der Waals surface area contributed by atoms with Gasteiger partial charge in [0, 0.05) is 37.9 Å². The highest BCUT2D eigenvalue weighted by Crippen LogP contribution is 2.24. The van der Waals surface area contributed by atoms with Gasteiger partial charge >= 0.3 is 13.2 Å². The number of carbonyl (C=O) groups excluding carboxylic acids is 1. The van der Waals surface area contributed by atoms with E-state index in [9.17, 15) is 4.79 Å². The van der Waals surface area contributed by atoms with Crippen LogP contribution in [-0.4, -0.2) is 59.6 Å². The largest absolute Gasteiger partial charge is 0.515 e. The van der Waals surface area contributed by atoms with Crippen LogP contribution in [-0.2, 0) is 14.0 Å². The predicted octanol–water partition coefficient (Wildman–Crippen LogP) is 2.22. The van der Waals surface area contributed by atoms with Crippen LogP contribution in [0.2, 0.25) is 0 Å². The molecule has 1 aromatic rings. The molecule has 1 aromatic heterocycles. The number of amides is 1. The summed E-state index contributed by atoms with van der Waals surface area (Å²) >= 11 is 0. The molecular weight excluding hydrogens is 333 g/mol. The topological polar surface area (TPSA) is 65.8 Å². The molecule has 0 saturated carbocycles. The van der Waals surface area contributed by atoms with Gasteiger partial charge in [-0.1, -0.05) is 13.8 Å². The lowest BCUT2D eigenvalue weighted by atomic mass is 9.80.